The van der Waals surface area contributed by atoms with Crippen LogP contribution < -0.4 is 5.32 Å². The Kier molecular flexibility index (Phi) is 3.98. The monoisotopic (exact) mass is 295 g/mol. The topological polar surface area (TPSA) is 49.3 Å². The number of nitrogens with one attached hydrogen (secondary N) is 1. The fourth-order valence-corrected chi connectivity index (χ4v) is 2.10. The van der Waals surface area contributed by atoms with Gasteiger partial charge < -0.3 is 10.4 Å². The Morgan fingerprint density at radius 1 is 1.21 bits per heavy atom. The van der Waals surface area contributed by atoms with Crippen molar-refractivity contribution < 1.29 is 9.90 Å². The molecule has 0 unspecified atom stereocenters. The third-order valence-electron chi connectivity index (χ3n) is 2.66. The quantitative estimate of drug-likeness (QED) is 0.870. The number of aryl methyl sites for hydroxylation is 1. The van der Waals surface area contributed by atoms with Crippen LogP contribution in [0.4, 0.5) is 5.69 Å². The van der Waals surface area contributed by atoms with Crippen LogP contribution >= 0.6 is 23.2 Å². The van der Waals surface area contributed by atoms with Gasteiger partial charge in [0.05, 0.1) is 16.3 Å². The second-order valence-corrected chi connectivity index (χ2v) is 4.89. The first-order valence-corrected chi connectivity index (χ1v) is 6.29. The number of anilines is 1. The number of para-hydroxylation sites is 1. The van der Waals surface area contributed by atoms with Gasteiger partial charge in [-0.25, -0.2) is 0 Å². The van der Waals surface area contributed by atoms with Crippen molar-refractivity contribution in [3.8, 4) is 5.75 Å². The normalized spacial score (nSPS) is 10.3. The molecule has 2 aromatic carbocycles. The average Bonchev–Trinajstić information content (AvgIpc) is 2.33. The second-order valence-electron chi connectivity index (χ2n) is 4.05. The van der Waals surface area contributed by atoms with Crippen molar-refractivity contribution in [1.29, 1.82) is 0 Å². The molecule has 0 aliphatic rings. The van der Waals surface area contributed by atoms with Gasteiger partial charge in [-0.3, -0.25) is 4.79 Å². The zero-order valence-electron chi connectivity index (χ0n) is 10.1. The van der Waals surface area contributed by atoms with E-state index in [4.69, 9.17) is 23.2 Å². The van der Waals surface area contributed by atoms with Gasteiger partial charge in [0.25, 0.3) is 5.91 Å². The van der Waals surface area contributed by atoms with E-state index in [0.29, 0.717) is 15.7 Å². The zero-order chi connectivity index (χ0) is 14.0. The van der Waals surface area contributed by atoms with Crippen LogP contribution in [0.3, 0.4) is 0 Å². The van der Waals surface area contributed by atoms with Gasteiger partial charge in [0.2, 0.25) is 0 Å². The lowest BCUT2D eigenvalue weighted by Crippen LogP contribution is -2.13. The fraction of sp³-hybridized carbons (Fsp3) is 0.0714. The molecule has 0 spiro atoms. The third-order valence-corrected chi connectivity index (χ3v) is 3.21. The van der Waals surface area contributed by atoms with Gasteiger partial charge in [-0.15, -0.1) is 0 Å². The summed E-state index contributed by atoms with van der Waals surface area (Å²) in [6.07, 6.45) is 0. The number of hydrogen-bond donors (Lipinski definition) is 2. The van der Waals surface area contributed by atoms with E-state index < -0.39 is 5.91 Å². The first kappa shape index (κ1) is 13.7. The lowest BCUT2D eigenvalue weighted by atomic mass is 10.1. The van der Waals surface area contributed by atoms with Crippen molar-refractivity contribution in [2.45, 2.75) is 6.92 Å². The zero-order valence-corrected chi connectivity index (χ0v) is 11.6. The molecule has 0 bridgehead atoms. The molecule has 1 amide bonds. The predicted molar refractivity (Wildman–Crippen MR) is 77.3 cm³/mol. The summed E-state index contributed by atoms with van der Waals surface area (Å²) >= 11 is 11.7. The first-order chi connectivity index (χ1) is 8.99. The van der Waals surface area contributed by atoms with Gasteiger partial charge in [0, 0.05) is 5.02 Å². The number of hydrogen-bond acceptors (Lipinski definition) is 2. The molecule has 0 atom stereocenters. The van der Waals surface area contributed by atoms with Crippen LogP contribution in [0.25, 0.3) is 0 Å². The molecule has 0 aliphatic carbocycles. The van der Waals surface area contributed by atoms with Gasteiger partial charge in [-0.05, 0) is 36.8 Å². The molecule has 3 nitrogen and oxygen atoms in total. The summed E-state index contributed by atoms with van der Waals surface area (Å²) in [4.78, 5) is 12.1. The highest BCUT2D eigenvalue weighted by Crippen LogP contribution is 2.28. The van der Waals surface area contributed by atoms with E-state index in [1.807, 2.05) is 13.0 Å². The van der Waals surface area contributed by atoms with E-state index >= 15 is 0 Å². The molecule has 19 heavy (non-hydrogen) atoms. The SMILES string of the molecule is Cc1cccc(Cl)c1NC(=O)c1ccc(Cl)cc1O. The van der Waals surface area contributed by atoms with Crippen molar-refractivity contribution in [3.63, 3.8) is 0 Å². The number of phenolic OH excluding ortho intramolecular Hbond substituents is 1. The molecule has 2 rings (SSSR count). The lowest BCUT2D eigenvalue weighted by molar-refractivity contribution is 0.102. The van der Waals surface area contributed by atoms with Crippen LogP contribution in [0, 0.1) is 6.92 Å². The summed E-state index contributed by atoms with van der Waals surface area (Å²) in [6.45, 7) is 1.84. The lowest BCUT2D eigenvalue weighted by Gasteiger charge is -2.11. The molecular weight excluding hydrogens is 285 g/mol. The van der Waals surface area contributed by atoms with Gasteiger partial charge in [0.15, 0.2) is 0 Å². The number of phenols is 1. The highest BCUT2D eigenvalue weighted by molar-refractivity contribution is 6.34. The molecule has 0 saturated carbocycles. The van der Waals surface area contributed by atoms with Crippen molar-refractivity contribution in [3.05, 3.63) is 57.6 Å². The van der Waals surface area contributed by atoms with E-state index in [9.17, 15) is 9.90 Å². The van der Waals surface area contributed by atoms with Crippen molar-refractivity contribution >= 4 is 34.8 Å². The summed E-state index contributed by atoms with van der Waals surface area (Å²) in [5.74, 6) is -0.611. The van der Waals surface area contributed by atoms with Gasteiger partial charge in [-0.2, -0.15) is 0 Å². The molecule has 2 N–H and O–H groups in total. The van der Waals surface area contributed by atoms with Crippen LogP contribution in [-0.4, -0.2) is 11.0 Å². The Morgan fingerprint density at radius 2 is 1.95 bits per heavy atom. The van der Waals surface area contributed by atoms with E-state index in [1.165, 1.54) is 18.2 Å². The minimum Gasteiger partial charge on any atom is -0.507 e. The molecule has 0 aliphatic heterocycles. The molecule has 0 saturated heterocycles. The summed E-state index contributed by atoms with van der Waals surface area (Å²) in [5, 5.41) is 13.2. The number of aromatic hydroxyl groups is 1. The van der Waals surface area contributed by atoms with Crippen molar-refractivity contribution in [1.82, 2.24) is 0 Å². The Hall–Kier alpha value is -1.71. The van der Waals surface area contributed by atoms with E-state index in [1.54, 1.807) is 12.1 Å². The summed E-state index contributed by atoms with van der Waals surface area (Å²) in [7, 11) is 0. The minimum atomic E-state index is -0.439. The molecule has 0 aromatic heterocycles. The molecule has 0 fully saturated rings. The largest absolute Gasteiger partial charge is 0.507 e. The van der Waals surface area contributed by atoms with E-state index in [0.717, 1.165) is 5.56 Å². The van der Waals surface area contributed by atoms with Crippen molar-refractivity contribution in [2.24, 2.45) is 0 Å². The maximum atomic E-state index is 12.1. The summed E-state index contributed by atoms with van der Waals surface area (Å²) in [6, 6.07) is 9.63. The highest BCUT2D eigenvalue weighted by Gasteiger charge is 2.14. The summed E-state index contributed by atoms with van der Waals surface area (Å²) in [5.41, 5.74) is 1.52. The maximum Gasteiger partial charge on any atom is 0.259 e. The van der Waals surface area contributed by atoms with Crippen LogP contribution in [-0.2, 0) is 0 Å². The Labute approximate surface area is 120 Å². The average molecular weight is 296 g/mol. The van der Waals surface area contributed by atoms with Gasteiger partial charge in [-0.1, -0.05) is 35.3 Å². The first-order valence-electron chi connectivity index (χ1n) is 5.54. The van der Waals surface area contributed by atoms with Crippen LogP contribution in [0.1, 0.15) is 15.9 Å². The third kappa shape index (κ3) is 3.00. The second kappa shape index (κ2) is 5.51. The van der Waals surface area contributed by atoms with Crippen LogP contribution in [0.15, 0.2) is 36.4 Å². The highest BCUT2D eigenvalue weighted by atomic mass is 35.5. The van der Waals surface area contributed by atoms with Gasteiger partial charge in [0.1, 0.15) is 5.75 Å². The maximum absolute atomic E-state index is 12.1. The molecule has 0 radical (unpaired) electrons. The van der Waals surface area contributed by atoms with Crippen molar-refractivity contribution in [2.75, 3.05) is 5.32 Å². The predicted octanol–water partition coefficient (Wildman–Crippen LogP) is 4.26. The molecule has 0 heterocycles. The molecular formula is C14H11Cl2NO2. The molecule has 5 heteroatoms. The van der Waals surface area contributed by atoms with E-state index in [2.05, 4.69) is 5.32 Å². The molecule has 98 valence electrons. The summed E-state index contributed by atoms with van der Waals surface area (Å²) < 4.78 is 0. The van der Waals surface area contributed by atoms with Crippen LogP contribution in [0.2, 0.25) is 10.0 Å². The Morgan fingerprint density at radius 3 is 2.58 bits per heavy atom. The number of halogens is 2. The number of carbonyl (C=O) groups excluding carboxylic acids is 1. The number of amides is 1. The van der Waals surface area contributed by atoms with Gasteiger partial charge >= 0.3 is 0 Å². The Balaban J connectivity index is 2.31. The number of rotatable bonds is 2. The fourth-order valence-electron chi connectivity index (χ4n) is 1.67. The smallest absolute Gasteiger partial charge is 0.259 e. The number of carbonyl (C=O) groups is 1. The van der Waals surface area contributed by atoms with E-state index in [-0.39, 0.29) is 11.3 Å². The van der Waals surface area contributed by atoms with Crippen LogP contribution in [0.5, 0.6) is 5.75 Å². The minimum absolute atomic E-state index is 0.142. The Bertz CT molecular complexity index is 621. The standard InChI is InChI=1S/C14H11Cl2NO2/c1-8-3-2-4-11(16)13(8)17-14(19)10-6-5-9(15)7-12(10)18/h2-7,18H,1H3,(H,17,19). The number of benzene rings is 2. The molecule has 2 aromatic rings.